The summed E-state index contributed by atoms with van der Waals surface area (Å²) < 4.78 is 6.29. The standard InChI is InChI=1S/C20H22O/c1-2-14-11-12-20-18(13-14)16-8-4-3-7-15(16)17-9-5-6-10-19(17)21-20/h5-6,9-13,15-16H,2-4,7-8H2,1H3/t15-,16-/m0/s1. The second kappa shape index (κ2) is 5.22. The molecule has 2 aliphatic rings. The SMILES string of the molecule is CCc1ccc2c(c1)[C@H]1CCCC[C@@H]1c1ccccc1O2. The smallest absolute Gasteiger partial charge is 0.130 e. The van der Waals surface area contributed by atoms with Gasteiger partial charge in [0, 0.05) is 0 Å². The third-order valence-corrected chi connectivity index (χ3v) is 5.19. The first kappa shape index (κ1) is 12.9. The van der Waals surface area contributed by atoms with E-state index in [9.17, 15) is 0 Å². The van der Waals surface area contributed by atoms with E-state index in [1.807, 2.05) is 0 Å². The number of fused-ring (bicyclic) bond motifs is 5. The molecule has 2 aromatic rings. The minimum atomic E-state index is 0.628. The summed E-state index contributed by atoms with van der Waals surface area (Å²) in [6, 6.07) is 15.4. The lowest BCUT2D eigenvalue weighted by Crippen LogP contribution is -2.15. The van der Waals surface area contributed by atoms with E-state index in [-0.39, 0.29) is 0 Å². The highest BCUT2D eigenvalue weighted by Gasteiger charge is 2.34. The zero-order valence-corrected chi connectivity index (χ0v) is 12.6. The average Bonchev–Trinajstić information content (AvgIpc) is 2.69. The highest BCUT2D eigenvalue weighted by Crippen LogP contribution is 2.52. The van der Waals surface area contributed by atoms with Crippen LogP contribution in [0.1, 0.15) is 61.1 Å². The number of rotatable bonds is 1. The second-order valence-electron chi connectivity index (χ2n) is 6.36. The molecular weight excluding hydrogens is 256 g/mol. The zero-order chi connectivity index (χ0) is 14.2. The molecule has 0 spiro atoms. The molecule has 0 aromatic heterocycles. The Bertz CT molecular complexity index is 659. The van der Waals surface area contributed by atoms with Crippen LogP contribution in [0.3, 0.4) is 0 Å². The highest BCUT2D eigenvalue weighted by atomic mass is 16.5. The van der Waals surface area contributed by atoms with Crippen molar-refractivity contribution in [1.29, 1.82) is 0 Å². The van der Waals surface area contributed by atoms with Gasteiger partial charge in [-0.3, -0.25) is 0 Å². The van der Waals surface area contributed by atoms with Crippen LogP contribution in [-0.2, 0) is 6.42 Å². The molecule has 0 unspecified atom stereocenters. The molecule has 1 saturated carbocycles. The molecule has 0 bridgehead atoms. The average molecular weight is 278 g/mol. The van der Waals surface area contributed by atoms with Crippen molar-refractivity contribution >= 4 is 0 Å². The summed E-state index contributed by atoms with van der Waals surface area (Å²) in [5.41, 5.74) is 4.28. The fourth-order valence-corrected chi connectivity index (χ4v) is 4.07. The molecule has 0 saturated heterocycles. The van der Waals surface area contributed by atoms with E-state index in [2.05, 4.69) is 49.4 Å². The number of ether oxygens (including phenoxy) is 1. The van der Waals surface area contributed by atoms with Crippen molar-refractivity contribution in [2.24, 2.45) is 0 Å². The van der Waals surface area contributed by atoms with E-state index in [0.717, 1.165) is 17.9 Å². The Morgan fingerprint density at radius 2 is 1.62 bits per heavy atom. The number of hydrogen-bond acceptors (Lipinski definition) is 1. The summed E-state index contributed by atoms with van der Waals surface area (Å²) in [4.78, 5) is 0. The van der Waals surface area contributed by atoms with Gasteiger partial charge in [0.1, 0.15) is 11.5 Å². The molecule has 2 aromatic carbocycles. The Hall–Kier alpha value is -1.76. The Kier molecular flexibility index (Phi) is 3.21. The topological polar surface area (TPSA) is 9.23 Å². The first-order valence-electron chi connectivity index (χ1n) is 8.26. The van der Waals surface area contributed by atoms with Crippen LogP contribution < -0.4 is 4.74 Å². The predicted octanol–water partition coefficient (Wildman–Crippen LogP) is 5.80. The van der Waals surface area contributed by atoms with E-state index in [1.54, 1.807) is 0 Å². The first-order valence-corrected chi connectivity index (χ1v) is 8.26. The van der Waals surface area contributed by atoms with Crippen molar-refractivity contribution < 1.29 is 4.74 Å². The van der Waals surface area contributed by atoms with Gasteiger partial charge in [0.15, 0.2) is 0 Å². The van der Waals surface area contributed by atoms with Crippen molar-refractivity contribution in [3.8, 4) is 11.5 Å². The van der Waals surface area contributed by atoms with Gasteiger partial charge in [-0.25, -0.2) is 0 Å². The van der Waals surface area contributed by atoms with Crippen LogP contribution in [0.5, 0.6) is 11.5 Å². The minimum absolute atomic E-state index is 0.628. The van der Waals surface area contributed by atoms with Gasteiger partial charge in [-0.15, -0.1) is 0 Å². The van der Waals surface area contributed by atoms with Gasteiger partial charge < -0.3 is 4.74 Å². The van der Waals surface area contributed by atoms with Crippen molar-refractivity contribution in [2.75, 3.05) is 0 Å². The van der Waals surface area contributed by atoms with E-state index in [4.69, 9.17) is 4.74 Å². The van der Waals surface area contributed by atoms with Gasteiger partial charge >= 0.3 is 0 Å². The predicted molar refractivity (Wildman–Crippen MR) is 86.3 cm³/mol. The summed E-state index contributed by atoms with van der Waals surface area (Å²) in [6.45, 7) is 2.23. The summed E-state index contributed by atoms with van der Waals surface area (Å²) >= 11 is 0. The summed E-state index contributed by atoms with van der Waals surface area (Å²) in [7, 11) is 0. The molecule has 1 heterocycles. The van der Waals surface area contributed by atoms with Crippen molar-refractivity contribution in [3.05, 3.63) is 59.2 Å². The zero-order valence-electron chi connectivity index (χ0n) is 12.6. The Labute approximate surface area is 127 Å². The number of para-hydroxylation sites is 1. The third kappa shape index (κ3) is 2.16. The lowest BCUT2D eigenvalue weighted by atomic mass is 9.72. The van der Waals surface area contributed by atoms with Gasteiger partial charge in [0.25, 0.3) is 0 Å². The monoisotopic (exact) mass is 278 g/mol. The van der Waals surface area contributed by atoms with E-state index >= 15 is 0 Å². The molecule has 0 amide bonds. The molecule has 0 radical (unpaired) electrons. The van der Waals surface area contributed by atoms with Gasteiger partial charge in [-0.1, -0.05) is 50.1 Å². The van der Waals surface area contributed by atoms with E-state index in [0.29, 0.717) is 11.8 Å². The Morgan fingerprint density at radius 1 is 0.905 bits per heavy atom. The van der Waals surface area contributed by atoms with E-state index in [1.165, 1.54) is 42.4 Å². The number of aryl methyl sites for hydroxylation is 1. The van der Waals surface area contributed by atoms with Crippen LogP contribution in [-0.4, -0.2) is 0 Å². The lowest BCUT2D eigenvalue weighted by molar-refractivity contribution is 0.388. The van der Waals surface area contributed by atoms with Gasteiger partial charge in [0.2, 0.25) is 0 Å². The maximum Gasteiger partial charge on any atom is 0.130 e. The quantitative estimate of drug-likeness (QED) is 0.641. The molecule has 21 heavy (non-hydrogen) atoms. The first-order chi connectivity index (χ1) is 10.4. The van der Waals surface area contributed by atoms with Crippen LogP contribution in [0.4, 0.5) is 0 Å². The highest BCUT2D eigenvalue weighted by molar-refractivity contribution is 5.50. The van der Waals surface area contributed by atoms with Crippen molar-refractivity contribution in [1.82, 2.24) is 0 Å². The summed E-state index contributed by atoms with van der Waals surface area (Å²) in [5, 5.41) is 0. The molecule has 0 N–H and O–H groups in total. The fraction of sp³-hybridized carbons (Fsp3) is 0.400. The lowest BCUT2D eigenvalue weighted by Gasteiger charge is -2.31. The van der Waals surface area contributed by atoms with Gasteiger partial charge in [-0.05, 0) is 59.9 Å². The van der Waals surface area contributed by atoms with Crippen molar-refractivity contribution in [3.63, 3.8) is 0 Å². The summed E-state index contributed by atoms with van der Waals surface area (Å²) in [5.74, 6) is 3.40. The summed E-state index contributed by atoms with van der Waals surface area (Å²) in [6.07, 6.45) is 6.37. The molecule has 1 nitrogen and oxygen atoms in total. The molecule has 1 heteroatoms. The van der Waals surface area contributed by atoms with Crippen molar-refractivity contribution in [2.45, 2.75) is 50.9 Å². The Morgan fingerprint density at radius 3 is 2.43 bits per heavy atom. The maximum atomic E-state index is 6.29. The fourth-order valence-electron chi connectivity index (χ4n) is 4.07. The van der Waals surface area contributed by atoms with E-state index < -0.39 is 0 Å². The molecular formula is C20H22O. The van der Waals surface area contributed by atoms with Crippen LogP contribution in [0.15, 0.2) is 42.5 Å². The molecule has 4 rings (SSSR count). The maximum absolute atomic E-state index is 6.29. The number of benzene rings is 2. The van der Waals surface area contributed by atoms with Gasteiger partial charge in [0.05, 0.1) is 0 Å². The normalized spacial score (nSPS) is 23.3. The van der Waals surface area contributed by atoms with Crippen LogP contribution >= 0.6 is 0 Å². The molecule has 1 fully saturated rings. The van der Waals surface area contributed by atoms with Crippen LogP contribution in [0.2, 0.25) is 0 Å². The van der Waals surface area contributed by atoms with Crippen LogP contribution in [0, 0.1) is 0 Å². The second-order valence-corrected chi connectivity index (χ2v) is 6.36. The van der Waals surface area contributed by atoms with Crippen LogP contribution in [0.25, 0.3) is 0 Å². The molecule has 1 aliphatic carbocycles. The molecule has 108 valence electrons. The molecule has 2 atom stereocenters. The third-order valence-electron chi connectivity index (χ3n) is 5.19. The molecule has 1 aliphatic heterocycles. The Balaban J connectivity index is 1.89. The minimum Gasteiger partial charge on any atom is -0.457 e. The largest absolute Gasteiger partial charge is 0.457 e. The number of hydrogen-bond donors (Lipinski definition) is 0. The van der Waals surface area contributed by atoms with Gasteiger partial charge in [-0.2, -0.15) is 0 Å².